The second kappa shape index (κ2) is 4.93. The smallest absolute Gasteiger partial charge is 0.337 e. The number of rotatable bonds is 3. The largest absolute Gasteiger partial charge is 0.478 e. The van der Waals surface area contributed by atoms with Crippen molar-refractivity contribution in [1.82, 2.24) is 4.98 Å². The number of carbonyl (C=O) groups is 1. The van der Waals surface area contributed by atoms with Gasteiger partial charge in [-0.05, 0) is 24.3 Å². The van der Waals surface area contributed by atoms with Crippen LogP contribution >= 0.6 is 0 Å². The van der Waals surface area contributed by atoms with Crippen molar-refractivity contribution < 1.29 is 14.3 Å². The van der Waals surface area contributed by atoms with Crippen molar-refractivity contribution in [2.45, 2.75) is 0 Å². The first-order chi connectivity index (χ1) is 9.00. The molecule has 2 aromatic rings. The van der Waals surface area contributed by atoms with Gasteiger partial charge >= 0.3 is 5.97 Å². The van der Waals surface area contributed by atoms with E-state index in [0.29, 0.717) is 5.69 Å². The molecule has 0 saturated carbocycles. The van der Waals surface area contributed by atoms with Crippen LogP contribution in [0.15, 0.2) is 36.5 Å². The topological polar surface area (TPSA) is 79.5 Å². The summed E-state index contributed by atoms with van der Waals surface area (Å²) in [6.07, 6.45) is 1.35. The molecule has 6 heteroatoms. The Morgan fingerprint density at radius 1 is 1.42 bits per heavy atom. The molecule has 0 atom stereocenters. The van der Waals surface area contributed by atoms with Gasteiger partial charge in [-0.1, -0.05) is 6.07 Å². The molecule has 0 fully saturated rings. The number of aromatic carboxylic acids is 1. The molecule has 0 unspecified atom stereocenters. The lowest BCUT2D eigenvalue weighted by Gasteiger charge is -2.20. The maximum Gasteiger partial charge on any atom is 0.337 e. The van der Waals surface area contributed by atoms with Gasteiger partial charge in [-0.3, -0.25) is 0 Å². The minimum atomic E-state index is -1.13. The number of nitrogens with zero attached hydrogens (tertiary/aromatic N) is 2. The van der Waals surface area contributed by atoms with Crippen molar-refractivity contribution in [2.24, 2.45) is 0 Å². The van der Waals surface area contributed by atoms with Crippen molar-refractivity contribution in [1.29, 1.82) is 0 Å². The first kappa shape index (κ1) is 12.8. The zero-order chi connectivity index (χ0) is 14.0. The van der Waals surface area contributed by atoms with Gasteiger partial charge in [0.05, 0.1) is 11.3 Å². The Kier molecular flexibility index (Phi) is 3.33. The third-order valence-corrected chi connectivity index (χ3v) is 2.71. The number of benzene rings is 1. The zero-order valence-electron chi connectivity index (χ0n) is 10.2. The average molecular weight is 261 g/mol. The predicted molar refractivity (Wildman–Crippen MR) is 70.1 cm³/mol. The van der Waals surface area contributed by atoms with Crippen molar-refractivity contribution in [3.05, 3.63) is 47.9 Å². The number of aromatic nitrogens is 1. The Morgan fingerprint density at radius 3 is 2.79 bits per heavy atom. The van der Waals surface area contributed by atoms with E-state index in [1.165, 1.54) is 29.3 Å². The van der Waals surface area contributed by atoms with Gasteiger partial charge in [-0.15, -0.1) is 0 Å². The normalized spacial score (nSPS) is 10.2. The monoisotopic (exact) mass is 261 g/mol. The number of hydrogen-bond acceptors (Lipinski definition) is 4. The third kappa shape index (κ3) is 2.47. The van der Waals surface area contributed by atoms with Crippen LogP contribution in [-0.2, 0) is 0 Å². The number of halogens is 1. The number of pyridine rings is 1. The summed E-state index contributed by atoms with van der Waals surface area (Å²) in [4.78, 5) is 16.6. The van der Waals surface area contributed by atoms with E-state index in [-0.39, 0.29) is 17.1 Å². The molecule has 1 aromatic carbocycles. The molecule has 98 valence electrons. The van der Waals surface area contributed by atoms with E-state index in [1.807, 2.05) is 0 Å². The highest BCUT2D eigenvalue weighted by Crippen LogP contribution is 2.29. The summed E-state index contributed by atoms with van der Waals surface area (Å²) in [5.41, 5.74) is 6.32. The number of carboxylic acid groups (broad SMARTS) is 1. The highest BCUT2D eigenvalue weighted by atomic mass is 19.1. The van der Waals surface area contributed by atoms with Gasteiger partial charge in [0.1, 0.15) is 5.82 Å². The molecule has 2 rings (SSSR count). The van der Waals surface area contributed by atoms with Crippen LogP contribution < -0.4 is 10.6 Å². The molecule has 0 saturated heterocycles. The van der Waals surface area contributed by atoms with Crippen molar-refractivity contribution in [3.63, 3.8) is 0 Å². The first-order valence-electron chi connectivity index (χ1n) is 5.47. The van der Waals surface area contributed by atoms with Crippen molar-refractivity contribution in [2.75, 3.05) is 17.7 Å². The maximum absolute atomic E-state index is 13.2. The van der Waals surface area contributed by atoms with Crippen LogP contribution in [0, 0.1) is 5.82 Å². The molecule has 0 spiro atoms. The van der Waals surface area contributed by atoms with Gasteiger partial charge in [0.2, 0.25) is 0 Å². The van der Waals surface area contributed by atoms with Crippen molar-refractivity contribution >= 4 is 23.2 Å². The molecule has 1 heterocycles. The van der Waals surface area contributed by atoms with Crippen LogP contribution in [-0.4, -0.2) is 23.1 Å². The molecule has 0 amide bonds. The van der Waals surface area contributed by atoms with Gasteiger partial charge in [0, 0.05) is 18.9 Å². The molecule has 5 nitrogen and oxygen atoms in total. The summed E-state index contributed by atoms with van der Waals surface area (Å²) in [7, 11) is 1.64. The van der Waals surface area contributed by atoms with Crippen LogP contribution in [0.3, 0.4) is 0 Å². The highest BCUT2D eigenvalue weighted by Gasteiger charge is 2.16. The molecule has 3 N–H and O–H groups in total. The fraction of sp³-hybridized carbons (Fsp3) is 0.0769. The second-order valence-corrected chi connectivity index (χ2v) is 3.94. The summed E-state index contributed by atoms with van der Waals surface area (Å²) < 4.78 is 13.2. The number of nitrogens with two attached hydrogens (primary N) is 1. The van der Waals surface area contributed by atoms with Crippen LogP contribution in [0.2, 0.25) is 0 Å². The Hall–Kier alpha value is -2.63. The Balaban J connectivity index is 2.47. The lowest BCUT2D eigenvalue weighted by Crippen LogP contribution is -2.15. The van der Waals surface area contributed by atoms with Gasteiger partial charge < -0.3 is 15.7 Å². The standard InChI is InChI=1S/C13H12FN3O2/c1-17(9-4-2-3-8(14)7-9)12-11(15)10(13(18)19)5-6-16-12/h2-7H,15H2,1H3,(H,18,19). The fourth-order valence-corrected chi connectivity index (χ4v) is 1.72. The summed E-state index contributed by atoms with van der Waals surface area (Å²) in [6, 6.07) is 7.19. The van der Waals surface area contributed by atoms with E-state index in [9.17, 15) is 9.18 Å². The van der Waals surface area contributed by atoms with Gasteiger partial charge in [0.15, 0.2) is 5.82 Å². The van der Waals surface area contributed by atoms with Gasteiger partial charge in [-0.25, -0.2) is 14.2 Å². The molecule has 0 radical (unpaired) electrons. The lowest BCUT2D eigenvalue weighted by molar-refractivity contribution is 0.0698. The fourth-order valence-electron chi connectivity index (χ4n) is 1.72. The van der Waals surface area contributed by atoms with Crippen LogP contribution in [0.4, 0.5) is 21.6 Å². The maximum atomic E-state index is 13.2. The Morgan fingerprint density at radius 2 is 2.16 bits per heavy atom. The van der Waals surface area contributed by atoms with Crippen LogP contribution in [0.1, 0.15) is 10.4 Å². The number of hydrogen-bond donors (Lipinski definition) is 2. The van der Waals surface area contributed by atoms with Gasteiger partial charge in [0.25, 0.3) is 0 Å². The van der Waals surface area contributed by atoms with E-state index in [1.54, 1.807) is 19.2 Å². The second-order valence-electron chi connectivity index (χ2n) is 3.94. The minimum Gasteiger partial charge on any atom is -0.478 e. The minimum absolute atomic E-state index is 0.0340. The third-order valence-electron chi connectivity index (χ3n) is 2.71. The highest BCUT2D eigenvalue weighted by molar-refractivity contribution is 5.96. The van der Waals surface area contributed by atoms with Crippen molar-refractivity contribution in [3.8, 4) is 0 Å². The van der Waals surface area contributed by atoms with E-state index < -0.39 is 11.8 Å². The average Bonchev–Trinajstić information content (AvgIpc) is 2.38. The summed E-state index contributed by atoms with van der Waals surface area (Å²) >= 11 is 0. The molecule has 0 aliphatic carbocycles. The summed E-state index contributed by atoms with van der Waals surface area (Å²) in [5, 5.41) is 9.00. The molecule has 0 aliphatic rings. The molecular weight excluding hydrogens is 249 g/mol. The lowest BCUT2D eigenvalue weighted by atomic mass is 10.2. The molecular formula is C13H12FN3O2. The first-order valence-corrected chi connectivity index (χ1v) is 5.47. The van der Waals surface area contributed by atoms with Crippen LogP contribution in [0.5, 0.6) is 0 Å². The molecule has 19 heavy (non-hydrogen) atoms. The number of carboxylic acids is 1. The number of nitrogen functional groups attached to an aromatic ring is 1. The molecule has 1 aromatic heterocycles. The van der Waals surface area contributed by atoms with E-state index in [2.05, 4.69) is 4.98 Å². The zero-order valence-corrected chi connectivity index (χ0v) is 10.2. The Bertz CT molecular complexity index is 631. The molecule has 0 bridgehead atoms. The molecule has 0 aliphatic heterocycles. The van der Waals surface area contributed by atoms with Gasteiger partial charge in [-0.2, -0.15) is 0 Å². The summed E-state index contributed by atoms with van der Waals surface area (Å²) in [6.45, 7) is 0. The van der Waals surface area contributed by atoms with E-state index in [0.717, 1.165) is 0 Å². The van der Waals surface area contributed by atoms with E-state index in [4.69, 9.17) is 10.8 Å². The van der Waals surface area contributed by atoms with E-state index >= 15 is 0 Å². The SMILES string of the molecule is CN(c1cccc(F)c1)c1nccc(C(=O)O)c1N. The quantitative estimate of drug-likeness (QED) is 0.886. The van der Waals surface area contributed by atoms with Crippen LogP contribution in [0.25, 0.3) is 0 Å². The Labute approximate surface area is 109 Å². The summed E-state index contributed by atoms with van der Waals surface area (Å²) in [5.74, 6) is -1.25. The predicted octanol–water partition coefficient (Wildman–Crippen LogP) is 2.27. The number of anilines is 3.